The van der Waals surface area contributed by atoms with Gasteiger partial charge in [-0.2, -0.15) is 0 Å². The van der Waals surface area contributed by atoms with Gasteiger partial charge in [0.1, 0.15) is 5.60 Å². The van der Waals surface area contributed by atoms with Crippen LogP contribution < -0.4 is 14.8 Å². The molecule has 0 spiro atoms. The smallest absolute Gasteiger partial charge is 0.412 e. The number of nitro groups is 1. The van der Waals surface area contributed by atoms with Crippen molar-refractivity contribution >= 4 is 17.5 Å². The van der Waals surface area contributed by atoms with Crippen LogP contribution >= 0.6 is 0 Å². The summed E-state index contributed by atoms with van der Waals surface area (Å²) in [5.41, 5.74) is 0.165. The summed E-state index contributed by atoms with van der Waals surface area (Å²) in [6.45, 7) is 6.96. The lowest BCUT2D eigenvalue weighted by molar-refractivity contribution is -0.386. The van der Waals surface area contributed by atoms with Crippen molar-refractivity contribution in [3.8, 4) is 17.4 Å². The highest BCUT2D eigenvalue weighted by Gasteiger charge is 2.20. The van der Waals surface area contributed by atoms with E-state index in [0.29, 0.717) is 11.3 Å². The Labute approximate surface area is 156 Å². The maximum atomic E-state index is 11.9. The first-order valence-corrected chi connectivity index (χ1v) is 8.06. The molecule has 0 fully saturated rings. The van der Waals surface area contributed by atoms with Gasteiger partial charge in [-0.25, -0.2) is 9.78 Å². The minimum atomic E-state index is -0.632. The average Bonchev–Trinajstić information content (AvgIpc) is 2.55. The first-order valence-electron chi connectivity index (χ1n) is 8.06. The Morgan fingerprint density at radius 2 is 1.93 bits per heavy atom. The van der Waals surface area contributed by atoms with Crippen molar-refractivity contribution in [1.29, 1.82) is 0 Å². The minimum absolute atomic E-state index is 0.156. The van der Waals surface area contributed by atoms with Crippen molar-refractivity contribution in [1.82, 2.24) is 4.98 Å². The molecule has 0 saturated heterocycles. The van der Waals surface area contributed by atoms with Crippen LogP contribution in [-0.2, 0) is 4.74 Å². The molecule has 0 saturated carbocycles. The standard InChI is InChI=1S/C18H21N3O6/c1-11-8-13(21(23)24)16(19-10-11)26-14-7-6-12(9-15(14)25-5)20-17(22)27-18(2,3)4/h6-10H,1-5H3,(H,20,22). The second-order valence-electron chi connectivity index (χ2n) is 6.69. The zero-order chi connectivity index (χ0) is 20.2. The maximum Gasteiger partial charge on any atom is 0.412 e. The van der Waals surface area contributed by atoms with Gasteiger partial charge in [0, 0.05) is 24.0 Å². The van der Waals surface area contributed by atoms with Crippen LogP contribution in [0.5, 0.6) is 17.4 Å². The monoisotopic (exact) mass is 375 g/mol. The summed E-state index contributed by atoms with van der Waals surface area (Å²) in [6.07, 6.45) is 0.849. The van der Waals surface area contributed by atoms with E-state index >= 15 is 0 Å². The summed E-state index contributed by atoms with van der Waals surface area (Å²) in [5.74, 6) is 0.323. The van der Waals surface area contributed by atoms with E-state index in [2.05, 4.69) is 10.3 Å². The second-order valence-corrected chi connectivity index (χ2v) is 6.69. The molecular formula is C18H21N3O6. The average molecular weight is 375 g/mol. The fraction of sp³-hybridized carbons (Fsp3) is 0.333. The van der Waals surface area contributed by atoms with Gasteiger partial charge in [-0.05, 0) is 45.4 Å². The summed E-state index contributed by atoms with van der Waals surface area (Å²) < 4.78 is 16.0. The highest BCUT2D eigenvalue weighted by Crippen LogP contribution is 2.36. The van der Waals surface area contributed by atoms with E-state index in [1.807, 2.05) is 0 Å². The van der Waals surface area contributed by atoms with Gasteiger partial charge in [0.05, 0.1) is 12.0 Å². The van der Waals surface area contributed by atoms with Crippen LogP contribution in [-0.4, -0.2) is 28.7 Å². The van der Waals surface area contributed by atoms with Crippen LogP contribution in [0.25, 0.3) is 0 Å². The third-order valence-corrected chi connectivity index (χ3v) is 3.18. The highest BCUT2D eigenvalue weighted by molar-refractivity contribution is 5.85. The summed E-state index contributed by atoms with van der Waals surface area (Å²) in [5, 5.41) is 13.8. The number of methoxy groups -OCH3 is 1. The third kappa shape index (κ3) is 5.56. The largest absolute Gasteiger partial charge is 0.493 e. The topological polar surface area (TPSA) is 113 Å². The van der Waals surface area contributed by atoms with Crippen LogP contribution in [0.3, 0.4) is 0 Å². The molecule has 2 rings (SSSR count). The number of aromatic nitrogens is 1. The number of rotatable bonds is 5. The van der Waals surface area contributed by atoms with Gasteiger partial charge >= 0.3 is 11.8 Å². The van der Waals surface area contributed by atoms with E-state index in [1.165, 1.54) is 31.5 Å². The number of anilines is 1. The lowest BCUT2D eigenvalue weighted by atomic mass is 10.2. The number of benzene rings is 1. The molecule has 0 bridgehead atoms. The van der Waals surface area contributed by atoms with Crippen molar-refractivity contribution in [2.75, 3.05) is 12.4 Å². The van der Waals surface area contributed by atoms with Crippen molar-refractivity contribution < 1.29 is 23.9 Å². The van der Waals surface area contributed by atoms with Crippen molar-refractivity contribution in [2.24, 2.45) is 0 Å². The number of carbonyl (C=O) groups is 1. The predicted molar refractivity (Wildman–Crippen MR) is 98.6 cm³/mol. The first kappa shape index (κ1) is 20.0. The fourth-order valence-electron chi connectivity index (χ4n) is 2.11. The lowest BCUT2D eigenvalue weighted by Gasteiger charge is -2.20. The molecule has 0 aliphatic heterocycles. The Balaban J connectivity index is 2.25. The van der Waals surface area contributed by atoms with E-state index in [1.54, 1.807) is 33.8 Å². The molecule has 1 aromatic heterocycles. The van der Waals surface area contributed by atoms with Crippen molar-refractivity contribution in [3.63, 3.8) is 0 Å². The minimum Gasteiger partial charge on any atom is -0.493 e. The van der Waals surface area contributed by atoms with E-state index in [0.717, 1.165) is 0 Å². The van der Waals surface area contributed by atoms with Crippen LogP contribution in [0.15, 0.2) is 30.5 Å². The number of hydrogen-bond acceptors (Lipinski definition) is 7. The molecule has 1 amide bonds. The highest BCUT2D eigenvalue weighted by atomic mass is 16.6. The first-order chi connectivity index (χ1) is 12.6. The SMILES string of the molecule is COc1cc(NC(=O)OC(C)(C)C)ccc1Oc1ncc(C)cc1[N+](=O)[O-]. The Morgan fingerprint density at radius 3 is 2.52 bits per heavy atom. The van der Waals surface area contributed by atoms with E-state index in [-0.39, 0.29) is 23.1 Å². The molecule has 1 aromatic carbocycles. The van der Waals surface area contributed by atoms with Gasteiger partial charge < -0.3 is 14.2 Å². The Morgan fingerprint density at radius 1 is 1.22 bits per heavy atom. The zero-order valence-electron chi connectivity index (χ0n) is 15.7. The molecule has 0 radical (unpaired) electrons. The number of nitrogens with zero attached hydrogens (tertiary/aromatic N) is 2. The second kappa shape index (κ2) is 7.90. The molecule has 9 nitrogen and oxygen atoms in total. The van der Waals surface area contributed by atoms with E-state index < -0.39 is 16.6 Å². The molecule has 0 aliphatic carbocycles. The maximum absolute atomic E-state index is 11.9. The molecule has 0 atom stereocenters. The molecule has 0 unspecified atom stereocenters. The van der Waals surface area contributed by atoms with Gasteiger partial charge in [-0.3, -0.25) is 15.4 Å². The molecule has 144 valence electrons. The van der Waals surface area contributed by atoms with Crippen LogP contribution in [0, 0.1) is 17.0 Å². The number of carbonyl (C=O) groups excluding carboxylic acids is 1. The molecule has 9 heteroatoms. The third-order valence-electron chi connectivity index (χ3n) is 3.18. The molecule has 2 aromatic rings. The van der Waals surface area contributed by atoms with E-state index in [4.69, 9.17) is 14.2 Å². The lowest BCUT2D eigenvalue weighted by Crippen LogP contribution is -2.27. The predicted octanol–water partition coefficient (Wildman–Crippen LogP) is 4.45. The number of pyridine rings is 1. The van der Waals surface area contributed by atoms with Crippen LogP contribution in [0.1, 0.15) is 26.3 Å². The summed E-state index contributed by atoms with van der Waals surface area (Å²) >= 11 is 0. The number of amides is 1. The molecule has 27 heavy (non-hydrogen) atoms. The number of aryl methyl sites for hydroxylation is 1. The van der Waals surface area contributed by atoms with Crippen LogP contribution in [0.2, 0.25) is 0 Å². The van der Waals surface area contributed by atoms with Crippen LogP contribution in [0.4, 0.5) is 16.2 Å². The van der Waals surface area contributed by atoms with Gasteiger partial charge in [-0.15, -0.1) is 0 Å². The summed E-state index contributed by atoms with van der Waals surface area (Å²) in [4.78, 5) is 26.5. The quantitative estimate of drug-likeness (QED) is 0.607. The Kier molecular flexibility index (Phi) is 5.84. The van der Waals surface area contributed by atoms with Crippen molar-refractivity contribution in [2.45, 2.75) is 33.3 Å². The molecule has 1 heterocycles. The Hall–Kier alpha value is -3.36. The van der Waals surface area contributed by atoms with Gasteiger partial charge in [0.25, 0.3) is 5.88 Å². The van der Waals surface area contributed by atoms with E-state index in [9.17, 15) is 14.9 Å². The molecule has 0 aliphatic rings. The summed E-state index contributed by atoms with van der Waals surface area (Å²) in [7, 11) is 1.41. The molecular weight excluding hydrogens is 354 g/mol. The zero-order valence-corrected chi connectivity index (χ0v) is 15.7. The summed E-state index contributed by atoms with van der Waals surface area (Å²) in [6, 6.07) is 5.95. The molecule has 1 N–H and O–H groups in total. The fourth-order valence-corrected chi connectivity index (χ4v) is 2.11. The normalized spacial score (nSPS) is 10.9. The van der Waals surface area contributed by atoms with Gasteiger partial charge in [0.2, 0.25) is 0 Å². The number of hydrogen-bond donors (Lipinski definition) is 1. The van der Waals surface area contributed by atoms with Gasteiger partial charge in [0.15, 0.2) is 11.5 Å². The number of ether oxygens (including phenoxy) is 3. The van der Waals surface area contributed by atoms with Crippen molar-refractivity contribution in [3.05, 3.63) is 46.1 Å². The number of nitrogens with one attached hydrogen (secondary N) is 1. The van der Waals surface area contributed by atoms with Gasteiger partial charge in [-0.1, -0.05) is 0 Å². The Bertz CT molecular complexity index is 861.